The third-order valence-electron chi connectivity index (χ3n) is 1.53. The molecule has 0 aliphatic heterocycles. The summed E-state index contributed by atoms with van der Waals surface area (Å²) in [6, 6.07) is 0. The average molecular weight is 303 g/mol. The first-order chi connectivity index (χ1) is 7.33. The van der Waals surface area contributed by atoms with Gasteiger partial charge in [0, 0.05) is 12.1 Å². The predicted molar refractivity (Wildman–Crippen MR) is 70.6 cm³/mol. The van der Waals surface area contributed by atoms with E-state index in [1.807, 2.05) is 0 Å². The van der Waals surface area contributed by atoms with Crippen molar-refractivity contribution >= 4 is 37.3 Å². The van der Waals surface area contributed by atoms with Gasteiger partial charge in [0.25, 0.3) is 0 Å². The summed E-state index contributed by atoms with van der Waals surface area (Å²) in [5.41, 5.74) is 4.19. The van der Waals surface area contributed by atoms with Gasteiger partial charge in [0.15, 0.2) is 0 Å². The second-order valence-corrected chi connectivity index (χ2v) is 8.38. The fourth-order valence-corrected chi connectivity index (χ4v) is 3.67. The molecule has 0 aliphatic carbocycles. The number of hydrogen-bond acceptors (Lipinski definition) is 5. The molecule has 0 heterocycles. The van der Waals surface area contributed by atoms with Crippen LogP contribution in [0.5, 0.6) is 0 Å². The standard InChI is InChI=1S/C7H17N3O4S3/c1-7(2,10-16(3,11)12)5-9-17(13,14)4-6(8)15/h9-10H,4-5H2,1-3H3,(H2,8,15). The summed E-state index contributed by atoms with van der Waals surface area (Å²) in [5.74, 6) is -0.461. The summed E-state index contributed by atoms with van der Waals surface area (Å²) < 4.78 is 49.4. The van der Waals surface area contributed by atoms with Crippen LogP contribution in [0.2, 0.25) is 0 Å². The van der Waals surface area contributed by atoms with Crippen LogP contribution in [0.3, 0.4) is 0 Å². The lowest BCUT2D eigenvalue weighted by molar-refractivity contribution is 0.446. The van der Waals surface area contributed by atoms with Gasteiger partial charge in [0.2, 0.25) is 20.0 Å². The topological polar surface area (TPSA) is 118 Å². The van der Waals surface area contributed by atoms with Gasteiger partial charge in [-0.3, -0.25) is 0 Å². The molecule has 102 valence electrons. The zero-order valence-corrected chi connectivity index (χ0v) is 12.3. The van der Waals surface area contributed by atoms with E-state index in [2.05, 4.69) is 21.7 Å². The second-order valence-electron chi connectivity index (χ2n) is 4.30. The molecule has 0 fully saturated rings. The highest BCUT2D eigenvalue weighted by molar-refractivity contribution is 7.92. The fraction of sp³-hybridized carbons (Fsp3) is 0.857. The molecule has 0 radical (unpaired) electrons. The Morgan fingerprint density at radius 2 is 1.76 bits per heavy atom. The van der Waals surface area contributed by atoms with Crippen LogP contribution in [-0.4, -0.2) is 45.9 Å². The summed E-state index contributed by atoms with van der Waals surface area (Å²) in [7, 11) is -7.03. The third-order valence-corrected chi connectivity index (χ3v) is 4.05. The number of thiocarbonyl (C=S) groups is 1. The zero-order chi connectivity index (χ0) is 13.9. The molecule has 0 saturated heterocycles. The van der Waals surface area contributed by atoms with Gasteiger partial charge in [-0.15, -0.1) is 0 Å². The minimum atomic E-state index is -3.62. The first kappa shape index (κ1) is 16.7. The van der Waals surface area contributed by atoms with Crippen LogP contribution in [0.15, 0.2) is 0 Å². The minimum absolute atomic E-state index is 0.0922. The van der Waals surface area contributed by atoms with Gasteiger partial charge in [-0.25, -0.2) is 26.3 Å². The Hall–Kier alpha value is -0.290. The molecule has 0 aliphatic rings. The first-order valence-electron chi connectivity index (χ1n) is 4.58. The smallest absolute Gasteiger partial charge is 0.218 e. The van der Waals surface area contributed by atoms with Crippen molar-refractivity contribution in [3.05, 3.63) is 0 Å². The Balaban J connectivity index is 4.52. The van der Waals surface area contributed by atoms with Gasteiger partial charge in [-0.2, -0.15) is 0 Å². The molecule has 10 heteroatoms. The van der Waals surface area contributed by atoms with Crippen LogP contribution in [0.25, 0.3) is 0 Å². The molecule has 0 aromatic carbocycles. The quantitative estimate of drug-likeness (QED) is 0.494. The van der Waals surface area contributed by atoms with E-state index in [0.717, 1.165) is 6.26 Å². The lowest BCUT2D eigenvalue weighted by Gasteiger charge is -2.25. The van der Waals surface area contributed by atoms with Crippen LogP contribution in [-0.2, 0) is 20.0 Å². The van der Waals surface area contributed by atoms with E-state index in [4.69, 9.17) is 5.73 Å². The molecular formula is C7H17N3O4S3. The van der Waals surface area contributed by atoms with Crippen molar-refractivity contribution in [3.63, 3.8) is 0 Å². The molecule has 7 nitrogen and oxygen atoms in total. The first-order valence-corrected chi connectivity index (χ1v) is 8.53. The van der Waals surface area contributed by atoms with E-state index in [1.165, 1.54) is 0 Å². The second kappa shape index (κ2) is 5.57. The van der Waals surface area contributed by atoms with E-state index >= 15 is 0 Å². The minimum Gasteiger partial charge on any atom is -0.392 e. The fourth-order valence-electron chi connectivity index (χ4n) is 1.07. The average Bonchev–Trinajstić information content (AvgIpc) is 1.94. The van der Waals surface area contributed by atoms with E-state index in [9.17, 15) is 16.8 Å². The van der Waals surface area contributed by atoms with E-state index in [0.29, 0.717) is 0 Å². The predicted octanol–water partition coefficient (Wildman–Crippen LogP) is -1.48. The van der Waals surface area contributed by atoms with Crippen molar-refractivity contribution in [2.75, 3.05) is 18.6 Å². The maximum atomic E-state index is 11.4. The van der Waals surface area contributed by atoms with Gasteiger partial charge in [-0.05, 0) is 13.8 Å². The summed E-state index contributed by atoms with van der Waals surface area (Å²) in [6.45, 7) is 3.01. The molecule has 0 bridgehead atoms. The van der Waals surface area contributed by atoms with Crippen molar-refractivity contribution in [2.45, 2.75) is 19.4 Å². The Kier molecular flexibility index (Phi) is 5.47. The Morgan fingerprint density at radius 1 is 1.29 bits per heavy atom. The number of nitrogens with one attached hydrogen (secondary N) is 2. The van der Waals surface area contributed by atoms with E-state index in [1.54, 1.807) is 13.8 Å². The highest BCUT2D eigenvalue weighted by atomic mass is 32.2. The molecule has 0 atom stereocenters. The monoisotopic (exact) mass is 303 g/mol. The number of hydrogen-bond donors (Lipinski definition) is 3. The van der Waals surface area contributed by atoms with Crippen LogP contribution < -0.4 is 15.2 Å². The maximum Gasteiger partial charge on any atom is 0.218 e. The normalized spacial score (nSPS) is 13.6. The molecule has 0 aromatic heterocycles. The van der Waals surface area contributed by atoms with Crippen LogP contribution >= 0.6 is 12.2 Å². The third kappa shape index (κ3) is 9.41. The molecule has 0 amide bonds. The van der Waals surface area contributed by atoms with Gasteiger partial charge >= 0.3 is 0 Å². The zero-order valence-electron chi connectivity index (χ0n) is 9.85. The molecular weight excluding hydrogens is 286 g/mol. The van der Waals surface area contributed by atoms with Gasteiger partial charge < -0.3 is 5.73 Å². The van der Waals surface area contributed by atoms with E-state index < -0.39 is 31.3 Å². The molecule has 17 heavy (non-hydrogen) atoms. The van der Waals surface area contributed by atoms with E-state index in [-0.39, 0.29) is 11.5 Å². The largest absolute Gasteiger partial charge is 0.392 e. The van der Waals surface area contributed by atoms with Crippen LogP contribution in [0, 0.1) is 0 Å². The Labute approximate surface area is 107 Å². The van der Waals surface area contributed by atoms with Crippen molar-refractivity contribution in [1.29, 1.82) is 0 Å². The number of nitrogens with two attached hydrogens (primary N) is 1. The van der Waals surface area contributed by atoms with Crippen molar-refractivity contribution in [2.24, 2.45) is 5.73 Å². The summed E-state index contributed by atoms with van der Waals surface area (Å²) in [4.78, 5) is -0.147. The maximum absolute atomic E-state index is 11.4. The summed E-state index contributed by atoms with van der Waals surface area (Å²) >= 11 is 4.49. The van der Waals surface area contributed by atoms with Crippen molar-refractivity contribution < 1.29 is 16.8 Å². The Morgan fingerprint density at radius 3 is 2.12 bits per heavy atom. The van der Waals surface area contributed by atoms with Crippen molar-refractivity contribution in [1.82, 2.24) is 9.44 Å². The van der Waals surface area contributed by atoms with Crippen LogP contribution in [0.1, 0.15) is 13.8 Å². The lowest BCUT2D eigenvalue weighted by Crippen LogP contribution is -2.51. The molecule has 0 spiro atoms. The molecule has 0 unspecified atom stereocenters. The van der Waals surface area contributed by atoms with Gasteiger partial charge in [-0.1, -0.05) is 12.2 Å². The van der Waals surface area contributed by atoms with Gasteiger partial charge in [0.05, 0.1) is 11.2 Å². The molecule has 0 aromatic rings. The molecule has 0 rings (SSSR count). The summed E-state index contributed by atoms with van der Waals surface area (Å²) in [5, 5.41) is 0. The Bertz CT molecular complexity index is 480. The SMILES string of the molecule is CC(C)(CNS(=O)(=O)CC(N)=S)NS(C)(=O)=O. The van der Waals surface area contributed by atoms with Gasteiger partial charge in [0.1, 0.15) is 5.75 Å². The molecule has 4 N–H and O–H groups in total. The number of sulfonamides is 2. The number of rotatable bonds is 7. The lowest BCUT2D eigenvalue weighted by atomic mass is 10.1. The summed E-state index contributed by atoms with van der Waals surface area (Å²) in [6.07, 6.45) is 0.998. The molecule has 0 saturated carbocycles. The van der Waals surface area contributed by atoms with Crippen LogP contribution in [0.4, 0.5) is 0 Å². The van der Waals surface area contributed by atoms with Crippen molar-refractivity contribution in [3.8, 4) is 0 Å². The highest BCUT2D eigenvalue weighted by Gasteiger charge is 2.24. The highest BCUT2D eigenvalue weighted by Crippen LogP contribution is 2.02.